The summed E-state index contributed by atoms with van der Waals surface area (Å²) in [6.45, 7) is 2.97. The van der Waals surface area contributed by atoms with E-state index < -0.39 is 0 Å². The van der Waals surface area contributed by atoms with Gasteiger partial charge in [0.1, 0.15) is 5.82 Å². The van der Waals surface area contributed by atoms with Crippen LogP contribution in [-0.4, -0.2) is 21.5 Å². The molecule has 1 aliphatic rings. The van der Waals surface area contributed by atoms with Gasteiger partial charge >= 0.3 is 0 Å². The fourth-order valence-corrected chi connectivity index (χ4v) is 2.86. The van der Waals surface area contributed by atoms with Crippen LogP contribution in [-0.2, 0) is 17.8 Å². The number of benzene rings is 1. The summed E-state index contributed by atoms with van der Waals surface area (Å²) in [6, 6.07) is 7.93. The number of anilines is 1. The molecule has 2 aromatic rings. The highest BCUT2D eigenvalue weighted by molar-refractivity contribution is 5.90. The minimum absolute atomic E-state index is 0. The van der Waals surface area contributed by atoms with E-state index in [9.17, 15) is 4.79 Å². The third-order valence-corrected chi connectivity index (χ3v) is 4.20. The van der Waals surface area contributed by atoms with Crippen molar-refractivity contribution in [1.82, 2.24) is 9.55 Å². The summed E-state index contributed by atoms with van der Waals surface area (Å²) in [5.74, 6) is 1.19. The van der Waals surface area contributed by atoms with Gasteiger partial charge in [-0.25, -0.2) is 4.98 Å². The van der Waals surface area contributed by atoms with Gasteiger partial charge in [0.25, 0.3) is 0 Å². The maximum Gasteiger partial charge on any atom is 0.224 e. The highest BCUT2D eigenvalue weighted by Crippen LogP contribution is 2.24. The van der Waals surface area contributed by atoms with E-state index >= 15 is 0 Å². The second-order valence-electron chi connectivity index (χ2n) is 6.33. The van der Waals surface area contributed by atoms with E-state index in [1.807, 2.05) is 31.2 Å². The number of halogens is 2. The quantitative estimate of drug-likeness (QED) is 0.822. The van der Waals surface area contributed by atoms with Gasteiger partial charge in [-0.15, -0.1) is 24.8 Å². The van der Waals surface area contributed by atoms with Crippen LogP contribution in [0.25, 0.3) is 11.3 Å². The molecule has 1 amide bonds. The number of hydrogen-bond acceptors (Lipinski definition) is 3. The van der Waals surface area contributed by atoms with Gasteiger partial charge in [0, 0.05) is 42.9 Å². The molecule has 0 fully saturated rings. The van der Waals surface area contributed by atoms with Crippen molar-refractivity contribution < 1.29 is 4.79 Å². The van der Waals surface area contributed by atoms with Gasteiger partial charge in [-0.3, -0.25) is 4.79 Å². The number of imidazole rings is 1. The lowest BCUT2D eigenvalue weighted by molar-refractivity contribution is -0.116. The van der Waals surface area contributed by atoms with E-state index in [0.717, 1.165) is 29.9 Å². The van der Waals surface area contributed by atoms with Crippen LogP contribution < -0.4 is 11.1 Å². The van der Waals surface area contributed by atoms with Gasteiger partial charge in [0.15, 0.2) is 0 Å². The Hall–Kier alpha value is -1.56. The lowest BCUT2D eigenvalue weighted by atomic mass is 10.1. The SMILES string of the molecule is CC(N)CCC(=O)Nc1ccc(-c2cn3c(n2)CCCC3)cc1.Cl.Cl. The van der Waals surface area contributed by atoms with Crippen LogP contribution in [0.5, 0.6) is 0 Å². The number of aryl methyl sites for hydroxylation is 2. The molecule has 0 bridgehead atoms. The number of nitrogens with zero attached hydrogens (tertiary/aromatic N) is 2. The minimum atomic E-state index is 0. The molecule has 1 aromatic heterocycles. The maximum absolute atomic E-state index is 11.8. The molecule has 1 unspecified atom stereocenters. The summed E-state index contributed by atoms with van der Waals surface area (Å²) in [4.78, 5) is 16.5. The molecule has 1 aliphatic heterocycles. The van der Waals surface area contributed by atoms with Crippen molar-refractivity contribution >= 4 is 36.4 Å². The molecule has 0 spiro atoms. The monoisotopic (exact) mass is 384 g/mol. The zero-order valence-corrected chi connectivity index (χ0v) is 16.0. The van der Waals surface area contributed by atoms with Crippen molar-refractivity contribution in [3.8, 4) is 11.3 Å². The first kappa shape index (κ1) is 21.5. The molecule has 138 valence electrons. The highest BCUT2D eigenvalue weighted by atomic mass is 35.5. The average Bonchev–Trinajstić information content (AvgIpc) is 2.97. The van der Waals surface area contributed by atoms with E-state index in [1.54, 1.807) is 0 Å². The molecule has 5 nitrogen and oxygen atoms in total. The van der Waals surface area contributed by atoms with Crippen molar-refractivity contribution in [3.63, 3.8) is 0 Å². The molecule has 0 saturated heterocycles. The van der Waals surface area contributed by atoms with E-state index in [0.29, 0.717) is 12.8 Å². The molecule has 1 atom stereocenters. The van der Waals surface area contributed by atoms with E-state index in [2.05, 4.69) is 16.1 Å². The van der Waals surface area contributed by atoms with Gasteiger partial charge in [0.05, 0.1) is 5.69 Å². The fraction of sp³-hybridized carbons (Fsp3) is 0.444. The van der Waals surface area contributed by atoms with Crippen LogP contribution in [0.2, 0.25) is 0 Å². The number of carbonyl (C=O) groups excluding carboxylic acids is 1. The van der Waals surface area contributed by atoms with Crippen LogP contribution in [0.3, 0.4) is 0 Å². The van der Waals surface area contributed by atoms with Crippen LogP contribution in [0, 0.1) is 0 Å². The summed E-state index contributed by atoms with van der Waals surface area (Å²) in [6.07, 6.45) is 6.80. The second-order valence-corrected chi connectivity index (χ2v) is 6.33. The van der Waals surface area contributed by atoms with Crippen molar-refractivity contribution in [2.24, 2.45) is 5.73 Å². The number of nitrogens with one attached hydrogen (secondary N) is 1. The number of amides is 1. The van der Waals surface area contributed by atoms with Gasteiger partial charge in [-0.2, -0.15) is 0 Å². The van der Waals surface area contributed by atoms with Crippen molar-refractivity contribution in [3.05, 3.63) is 36.3 Å². The first-order valence-corrected chi connectivity index (χ1v) is 8.34. The predicted octanol–water partition coefficient (Wildman–Crippen LogP) is 3.80. The largest absolute Gasteiger partial charge is 0.334 e. The number of carbonyl (C=O) groups is 1. The molecule has 3 rings (SSSR count). The smallest absolute Gasteiger partial charge is 0.224 e. The molecule has 0 radical (unpaired) electrons. The van der Waals surface area contributed by atoms with E-state index in [4.69, 9.17) is 10.7 Å². The third kappa shape index (κ3) is 5.73. The molecule has 1 aromatic carbocycles. The molecule has 2 heterocycles. The van der Waals surface area contributed by atoms with Crippen LogP contribution >= 0.6 is 24.8 Å². The summed E-state index contributed by atoms with van der Waals surface area (Å²) in [5, 5.41) is 2.90. The molecule has 7 heteroatoms. The number of nitrogens with two attached hydrogens (primary N) is 1. The summed E-state index contributed by atoms with van der Waals surface area (Å²) in [7, 11) is 0. The Balaban J connectivity index is 0.00000156. The summed E-state index contributed by atoms with van der Waals surface area (Å²) in [5.41, 5.74) is 8.58. The molecular weight excluding hydrogens is 359 g/mol. The lowest BCUT2D eigenvalue weighted by Gasteiger charge is -2.11. The minimum Gasteiger partial charge on any atom is -0.334 e. The zero-order chi connectivity index (χ0) is 16.2. The molecule has 3 N–H and O–H groups in total. The van der Waals surface area contributed by atoms with Crippen LogP contribution in [0.4, 0.5) is 5.69 Å². The van der Waals surface area contributed by atoms with Crippen molar-refractivity contribution in [1.29, 1.82) is 0 Å². The number of fused-ring (bicyclic) bond motifs is 1. The summed E-state index contributed by atoms with van der Waals surface area (Å²) < 4.78 is 2.25. The third-order valence-electron chi connectivity index (χ3n) is 4.20. The zero-order valence-electron chi connectivity index (χ0n) is 14.4. The topological polar surface area (TPSA) is 72.9 Å². The Morgan fingerprint density at radius 1 is 1.28 bits per heavy atom. The molecule has 0 saturated carbocycles. The predicted molar refractivity (Wildman–Crippen MR) is 107 cm³/mol. The standard InChI is InChI=1S/C18H24N4O.2ClH/c1-13(19)5-10-18(23)20-15-8-6-14(7-9-15)16-12-22-11-3-2-4-17(22)21-16;;/h6-9,12-13H,2-5,10-11,19H2,1H3,(H,20,23);2*1H. The van der Waals surface area contributed by atoms with Crippen LogP contribution in [0.15, 0.2) is 30.5 Å². The van der Waals surface area contributed by atoms with E-state index in [1.165, 1.54) is 18.7 Å². The molecule has 0 aliphatic carbocycles. The van der Waals surface area contributed by atoms with Crippen molar-refractivity contribution in [2.45, 2.75) is 51.6 Å². The highest BCUT2D eigenvalue weighted by Gasteiger charge is 2.13. The molecule has 25 heavy (non-hydrogen) atoms. The Morgan fingerprint density at radius 3 is 2.64 bits per heavy atom. The Kier molecular flexibility index (Phi) is 8.42. The second kappa shape index (κ2) is 9.80. The number of rotatable bonds is 5. The molecular formula is C18H26Cl2N4O. The first-order chi connectivity index (χ1) is 11.1. The van der Waals surface area contributed by atoms with Crippen LogP contribution in [0.1, 0.15) is 38.4 Å². The summed E-state index contributed by atoms with van der Waals surface area (Å²) >= 11 is 0. The Bertz CT molecular complexity index is 659. The van der Waals surface area contributed by atoms with E-state index in [-0.39, 0.29) is 36.8 Å². The van der Waals surface area contributed by atoms with Gasteiger partial charge in [0.2, 0.25) is 5.91 Å². The van der Waals surface area contributed by atoms with Gasteiger partial charge in [-0.1, -0.05) is 12.1 Å². The average molecular weight is 385 g/mol. The lowest BCUT2D eigenvalue weighted by Crippen LogP contribution is -2.19. The van der Waals surface area contributed by atoms with Crippen molar-refractivity contribution in [2.75, 3.05) is 5.32 Å². The Morgan fingerprint density at radius 2 is 2.00 bits per heavy atom. The maximum atomic E-state index is 11.8. The normalized spacial score (nSPS) is 13.8. The Labute approximate surface area is 161 Å². The number of hydrogen-bond donors (Lipinski definition) is 2. The van der Waals surface area contributed by atoms with Gasteiger partial charge in [-0.05, 0) is 38.3 Å². The van der Waals surface area contributed by atoms with Gasteiger partial charge < -0.3 is 15.6 Å². The first-order valence-electron chi connectivity index (χ1n) is 8.34. The number of aromatic nitrogens is 2. The fourth-order valence-electron chi connectivity index (χ4n) is 2.86.